The van der Waals surface area contributed by atoms with Crippen molar-refractivity contribution in [2.45, 2.75) is 95.5 Å². The van der Waals surface area contributed by atoms with Crippen molar-refractivity contribution in [1.29, 1.82) is 0 Å². The topological polar surface area (TPSA) is 218 Å². The number of phenols is 2. The lowest BCUT2D eigenvalue weighted by atomic mass is 9.98. The zero-order chi connectivity index (χ0) is 34.3. The molecule has 14 nitrogen and oxygen atoms in total. The van der Waals surface area contributed by atoms with Gasteiger partial charge in [-0.15, -0.1) is 0 Å². The van der Waals surface area contributed by atoms with Gasteiger partial charge in [0.15, 0.2) is 18.2 Å². The predicted molar refractivity (Wildman–Crippen MR) is 165 cm³/mol. The van der Waals surface area contributed by atoms with Crippen LogP contribution >= 0.6 is 0 Å². The van der Waals surface area contributed by atoms with E-state index in [2.05, 4.69) is 0 Å². The SMILES string of the molecule is COc1ccc(-c2oc3c(CC=C(C)C)c(O)cc(O)c3c(=O)c2O[C@H]2O[C@@H](C)[C@H](O)[C@@H](O)[C@@H]2O[C@H]2O[C@H](C)[C@H](O)[C@@H](O)[C@H]2O)cc1. The van der Waals surface area contributed by atoms with Crippen LogP contribution < -0.4 is 14.9 Å². The van der Waals surface area contributed by atoms with Gasteiger partial charge in [0.2, 0.25) is 17.5 Å². The lowest BCUT2D eigenvalue weighted by Gasteiger charge is -2.45. The minimum atomic E-state index is -1.77. The second kappa shape index (κ2) is 13.8. The van der Waals surface area contributed by atoms with Gasteiger partial charge in [-0.3, -0.25) is 4.79 Å². The molecular weight excluding hydrogens is 620 g/mol. The van der Waals surface area contributed by atoms with Crippen LogP contribution in [0.25, 0.3) is 22.3 Å². The number of fused-ring (bicyclic) bond motifs is 1. The Bertz CT molecular complexity index is 1660. The monoisotopic (exact) mass is 660 g/mol. The molecule has 10 atom stereocenters. The summed E-state index contributed by atoms with van der Waals surface area (Å²) in [5.74, 6) is -0.987. The van der Waals surface area contributed by atoms with Crippen molar-refractivity contribution in [3.8, 4) is 34.3 Å². The summed E-state index contributed by atoms with van der Waals surface area (Å²) in [5, 5.41) is 74.0. The average Bonchev–Trinajstić information content (AvgIpc) is 3.03. The zero-order valence-corrected chi connectivity index (χ0v) is 26.4. The molecule has 1 aromatic heterocycles. The van der Waals surface area contributed by atoms with E-state index in [0.29, 0.717) is 11.3 Å². The Labute approximate surface area is 269 Å². The number of methoxy groups -OCH3 is 1. The Morgan fingerprint density at radius 1 is 0.851 bits per heavy atom. The number of phenolic OH excluding ortho intramolecular Hbond substituents is 2. The van der Waals surface area contributed by atoms with Crippen LogP contribution in [0.4, 0.5) is 0 Å². The van der Waals surface area contributed by atoms with Crippen LogP contribution in [-0.4, -0.2) is 104 Å². The van der Waals surface area contributed by atoms with Crippen molar-refractivity contribution < 1.29 is 63.8 Å². The molecule has 0 aliphatic carbocycles. The van der Waals surface area contributed by atoms with Crippen molar-refractivity contribution in [2.24, 2.45) is 0 Å². The fourth-order valence-corrected chi connectivity index (χ4v) is 5.55. The van der Waals surface area contributed by atoms with Crippen molar-refractivity contribution in [1.82, 2.24) is 0 Å². The van der Waals surface area contributed by atoms with E-state index in [1.165, 1.54) is 21.0 Å². The Kier molecular flexibility index (Phi) is 10.1. The highest BCUT2D eigenvalue weighted by molar-refractivity contribution is 5.91. The third-order valence-corrected chi connectivity index (χ3v) is 8.37. The fraction of sp³-hybridized carbons (Fsp3) is 0.485. The summed E-state index contributed by atoms with van der Waals surface area (Å²) in [6.07, 6.45) is -13.0. The molecule has 0 unspecified atom stereocenters. The minimum absolute atomic E-state index is 0.0929. The molecule has 0 radical (unpaired) electrons. The van der Waals surface area contributed by atoms with Crippen LogP contribution in [0.3, 0.4) is 0 Å². The number of benzene rings is 2. The molecule has 2 aliphatic rings. The number of aliphatic hydroxyl groups excluding tert-OH is 5. The molecule has 2 fully saturated rings. The van der Waals surface area contributed by atoms with Crippen molar-refractivity contribution in [2.75, 3.05) is 7.11 Å². The summed E-state index contributed by atoms with van der Waals surface area (Å²) in [6, 6.07) is 7.43. The molecule has 14 heteroatoms. The smallest absolute Gasteiger partial charge is 0.239 e. The first-order chi connectivity index (χ1) is 22.2. The maximum Gasteiger partial charge on any atom is 0.239 e. The zero-order valence-electron chi connectivity index (χ0n) is 26.4. The minimum Gasteiger partial charge on any atom is -0.507 e. The van der Waals surface area contributed by atoms with Crippen LogP contribution in [0, 0.1) is 0 Å². The molecule has 3 heterocycles. The highest BCUT2D eigenvalue weighted by atomic mass is 16.8. The van der Waals surface area contributed by atoms with Crippen molar-refractivity contribution in [3.63, 3.8) is 0 Å². The summed E-state index contributed by atoms with van der Waals surface area (Å²) in [5.41, 5.74) is 0.546. The van der Waals surface area contributed by atoms with Crippen molar-refractivity contribution >= 4 is 11.0 Å². The summed E-state index contributed by atoms with van der Waals surface area (Å²) in [4.78, 5) is 14.2. The van der Waals surface area contributed by atoms with Gasteiger partial charge in [-0.1, -0.05) is 11.6 Å². The van der Waals surface area contributed by atoms with E-state index in [1.807, 2.05) is 19.9 Å². The average molecular weight is 661 g/mol. The molecule has 5 rings (SSSR count). The first kappa shape index (κ1) is 34.6. The molecule has 256 valence electrons. The second-order valence-corrected chi connectivity index (χ2v) is 12.0. The first-order valence-electron chi connectivity index (χ1n) is 15.1. The number of rotatable bonds is 8. The summed E-state index contributed by atoms with van der Waals surface area (Å²) in [6.45, 7) is 6.61. The molecule has 2 aliphatic heterocycles. The van der Waals surface area contributed by atoms with E-state index in [4.69, 9.17) is 28.1 Å². The summed E-state index contributed by atoms with van der Waals surface area (Å²) in [7, 11) is 1.48. The number of hydrogen-bond acceptors (Lipinski definition) is 14. The van der Waals surface area contributed by atoms with E-state index >= 15 is 0 Å². The van der Waals surface area contributed by atoms with Gasteiger partial charge in [0.1, 0.15) is 58.7 Å². The maximum absolute atomic E-state index is 14.2. The Balaban J connectivity index is 1.65. The van der Waals surface area contributed by atoms with Crippen LogP contribution in [0.15, 0.2) is 51.2 Å². The van der Waals surface area contributed by atoms with E-state index in [0.717, 1.165) is 11.6 Å². The standard InChI is InChI=1S/C33H40O14/c1-13(2)6-11-18-19(34)12-20(35)21-24(38)30(28(45-29(18)21)16-7-9-17(42-5)10-8-16)46-33-31(26(40)23(37)15(4)44-33)47-32-27(41)25(39)22(36)14(3)43-32/h6-10,12,14-15,22-23,25-27,31-37,39-41H,11H2,1-5H3/t14-,15+,22+,23+,25-,26-,27-,31+,32-,33-/m1/s1. The van der Waals surface area contributed by atoms with Crippen LogP contribution in [-0.2, 0) is 20.6 Å². The molecular formula is C33H40O14. The molecule has 47 heavy (non-hydrogen) atoms. The molecule has 0 amide bonds. The fourth-order valence-electron chi connectivity index (χ4n) is 5.55. The van der Waals surface area contributed by atoms with Crippen LogP contribution in [0.2, 0.25) is 0 Å². The van der Waals surface area contributed by atoms with E-state index in [9.17, 15) is 40.5 Å². The number of hydrogen-bond donors (Lipinski definition) is 7. The highest BCUT2D eigenvalue weighted by Gasteiger charge is 2.50. The molecule has 2 saturated heterocycles. The van der Waals surface area contributed by atoms with Gasteiger partial charge in [-0.25, -0.2) is 0 Å². The normalized spacial score (nSPS) is 31.0. The largest absolute Gasteiger partial charge is 0.507 e. The molecule has 0 saturated carbocycles. The second-order valence-electron chi connectivity index (χ2n) is 12.0. The number of allylic oxidation sites excluding steroid dienone is 2. The third kappa shape index (κ3) is 6.68. The molecule has 3 aromatic rings. The lowest BCUT2D eigenvalue weighted by Crippen LogP contribution is -2.63. The summed E-state index contributed by atoms with van der Waals surface area (Å²) >= 11 is 0. The molecule has 2 aromatic carbocycles. The van der Waals surface area contributed by atoms with E-state index < -0.39 is 78.3 Å². The third-order valence-electron chi connectivity index (χ3n) is 8.37. The van der Waals surface area contributed by atoms with E-state index in [1.54, 1.807) is 24.3 Å². The maximum atomic E-state index is 14.2. The molecule has 7 N–H and O–H groups in total. The highest BCUT2D eigenvalue weighted by Crippen LogP contribution is 2.41. The van der Waals surface area contributed by atoms with Gasteiger partial charge in [0, 0.05) is 17.2 Å². The molecule has 0 spiro atoms. The van der Waals surface area contributed by atoms with Gasteiger partial charge < -0.3 is 63.8 Å². The number of aromatic hydroxyl groups is 2. The molecule has 0 bridgehead atoms. The van der Waals surface area contributed by atoms with Crippen LogP contribution in [0.5, 0.6) is 23.0 Å². The predicted octanol–water partition coefficient (Wildman–Crippen LogP) is 1.45. The van der Waals surface area contributed by atoms with Crippen molar-refractivity contribution in [3.05, 3.63) is 57.8 Å². The number of ether oxygens (including phenoxy) is 5. The Morgan fingerprint density at radius 2 is 1.47 bits per heavy atom. The van der Waals surface area contributed by atoms with Gasteiger partial charge in [-0.2, -0.15) is 0 Å². The van der Waals surface area contributed by atoms with E-state index in [-0.39, 0.29) is 34.5 Å². The van der Waals surface area contributed by atoms with Gasteiger partial charge in [0.25, 0.3) is 0 Å². The lowest BCUT2D eigenvalue weighted by molar-refractivity contribution is -0.352. The Hall–Kier alpha value is -3.73. The number of aliphatic hydroxyl groups is 5. The van der Waals surface area contributed by atoms with Gasteiger partial charge in [-0.05, 0) is 58.4 Å². The van der Waals surface area contributed by atoms with Crippen LogP contribution in [0.1, 0.15) is 33.3 Å². The first-order valence-corrected chi connectivity index (χ1v) is 15.1. The quantitative estimate of drug-likeness (QED) is 0.170. The summed E-state index contributed by atoms with van der Waals surface area (Å²) < 4.78 is 34.9. The van der Waals surface area contributed by atoms with Gasteiger partial charge >= 0.3 is 0 Å². The Morgan fingerprint density at radius 3 is 2.09 bits per heavy atom. The van der Waals surface area contributed by atoms with Gasteiger partial charge in [0.05, 0.1) is 19.3 Å².